The number of aromatic nitrogens is 3. The lowest BCUT2D eigenvalue weighted by atomic mass is 9.95. The molecule has 3 nitrogen and oxygen atoms in total. The number of hydrogen-bond acceptors (Lipinski definition) is 2. The quantitative estimate of drug-likeness (QED) is 0.711. The molecular weight excluding hydrogens is 222 g/mol. The highest BCUT2D eigenvalue weighted by Gasteiger charge is 2.26. The topological polar surface area (TPSA) is 30.7 Å². The van der Waals surface area contributed by atoms with Crippen LogP contribution in [0.4, 0.5) is 0 Å². The van der Waals surface area contributed by atoms with Gasteiger partial charge in [0.25, 0.3) is 0 Å². The van der Waals surface area contributed by atoms with E-state index in [1.807, 2.05) is 29.1 Å². The van der Waals surface area contributed by atoms with Gasteiger partial charge >= 0.3 is 0 Å². The summed E-state index contributed by atoms with van der Waals surface area (Å²) < 4.78 is 0. The monoisotopic (exact) mass is 235 g/mol. The van der Waals surface area contributed by atoms with Gasteiger partial charge in [0, 0.05) is 0 Å². The van der Waals surface area contributed by atoms with Crippen LogP contribution in [0.3, 0.4) is 0 Å². The minimum Gasteiger partial charge on any atom is -0.179 e. The number of alkyl halides is 1. The van der Waals surface area contributed by atoms with Crippen LogP contribution in [0.25, 0.3) is 11.0 Å². The molecule has 16 heavy (non-hydrogen) atoms. The third kappa shape index (κ3) is 1.69. The number of nitrogens with zero attached hydrogens (tertiary/aromatic N) is 3. The van der Waals surface area contributed by atoms with Crippen LogP contribution in [0, 0.1) is 0 Å². The summed E-state index contributed by atoms with van der Waals surface area (Å²) in [5.74, 6) is 0. The first-order valence-electron chi connectivity index (χ1n) is 5.80. The maximum Gasteiger partial charge on any atom is 0.113 e. The fraction of sp³-hybridized carbons (Fsp3) is 0.500. The zero-order chi connectivity index (χ0) is 11.0. The molecule has 0 N–H and O–H groups in total. The van der Waals surface area contributed by atoms with Crippen molar-refractivity contribution in [3.63, 3.8) is 0 Å². The molecule has 84 valence electrons. The highest BCUT2D eigenvalue weighted by molar-refractivity contribution is 6.21. The van der Waals surface area contributed by atoms with Gasteiger partial charge in [0.1, 0.15) is 11.0 Å². The summed E-state index contributed by atoms with van der Waals surface area (Å²) in [7, 11) is 0. The molecule has 0 spiro atoms. The Kier molecular flexibility index (Phi) is 2.56. The Balaban J connectivity index is 1.98. The molecule has 4 heteroatoms. The lowest BCUT2D eigenvalue weighted by molar-refractivity contribution is 0.310. The fourth-order valence-electron chi connectivity index (χ4n) is 2.35. The molecule has 2 atom stereocenters. The van der Waals surface area contributed by atoms with Crippen molar-refractivity contribution >= 4 is 22.6 Å². The van der Waals surface area contributed by atoms with Gasteiger partial charge in [-0.1, -0.05) is 25.0 Å². The van der Waals surface area contributed by atoms with Crippen molar-refractivity contribution in [1.29, 1.82) is 0 Å². The third-order valence-corrected chi connectivity index (χ3v) is 3.76. The van der Waals surface area contributed by atoms with Gasteiger partial charge in [-0.05, 0) is 25.0 Å². The maximum atomic E-state index is 6.34. The molecular formula is C12H14ClN3. The van der Waals surface area contributed by atoms with Gasteiger partial charge in [-0.3, -0.25) is 0 Å². The van der Waals surface area contributed by atoms with Crippen LogP contribution in [-0.2, 0) is 0 Å². The van der Waals surface area contributed by atoms with E-state index in [4.69, 9.17) is 11.6 Å². The Morgan fingerprint density at radius 1 is 1.06 bits per heavy atom. The maximum absolute atomic E-state index is 6.34. The van der Waals surface area contributed by atoms with E-state index < -0.39 is 0 Å². The van der Waals surface area contributed by atoms with Crippen molar-refractivity contribution in [1.82, 2.24) is 15.0 Å². The molecule has 0 saturated heterocycles. The van der Waals surface area contributed by atoms with Crippen LogP contribution < -0.4 is 0 Å². The van der Waals surface area contributed by atoms with E-state index in [2.05, 4.69) is 10.2 Å². The molecule has 1 aromatic heterocycles. The van der Waals surface area contributed by atoms with Gasteiger partial charge in [-0.25, -0.2) is 0 Å². The van der Waals surface area contributed by atoms with Crippen molar-refractivity contribution in [3.8, 4) is 0 Å². The predicted molar refractivity (Wildman–Crippen MR) is 64.7 cm³/mol. The number of halogens is 1. The summed E-state index contributed by atoms with van der Waals surface area (Å²) in [6.07, 6.45) is 4.62. The number of hydrogen-bond donors (Lipinski definition) is 0. The molecule has 1 aromatic carbocycles. The molecule has 1 aliphatic carbocycles. The van der Waals surface area contributed by atoms with Crippen LogP contribution in [-0.4, -0.2) is 20.4 Å². The van der Waals surface area contributed by atoms with Crippen LogP contribution in [0.15, 0.2) is 24.3 Å². The first kappa shape index (κ1) is 10.1. The van der Waals surface area contributed by atoms with Crippen molar-refractivity contribution in [3.05, 3.63) is 24.3 Å². The summed E-state index contributed by atoms with van der Waals surface area (Å²) in [6.45, 7) is 0. The molecule has 1 aliphatic rings. The second-order valence-electron chi connectivity index (χ2n) is 4.38. The van der Waals surface area contributed by atoms with Crippen LogP contribution in [0.5, 0.6) is 0 Å². The number of fused-ring (bicyclic) bond motifs is 1. The molecule has 0 bridgehead atoms. The van der Waals surface area contributed by atoms with Crippen molar-refractivity contribution < 1.29 is 0 Å². The Bertz CT molecular complexity index is 461. The largest absolute Gasteiger partial charge is 0.179 e. The van der Waals surface area contributed by atoms with Gasteiger partial charge in [-0.2, -0.15) is 15.0 Å². The summed E-state index contributed by atoms with van der Waals surface area (Å²) in [4.78, 5) is 1.82. The summed E-state index contributed by atoms with van der Waals surface area (Å²) >= 11 is 6.34. The zero-order valence-electron chi connectivity index (χ0n) is 9.01. The van der Waals surface area contributed by atoms with Gasteiger partial charge in [-0.15, -0.1) is 11.6 Å². The Labute approximate surface area is 99.4 Å². The van der Waals surface area contributed by atoms with Crippen LogP contribution >= 0.6 is 11.6 Å². The van der Waals surface area contributed by atoms with Crippen molar-refractivity contribution in [2.45, 2.75) is 37.1 Å². The average molecular weight is 236 g/mol. The Hall–Kier alpha value is -1.09. The lowest BCUT2D eigenvalue weighted by Crippen LogP contribution is -2.25. The Morgan fingerprint density at radius 3 is 2.31 bits per heavy atom. The highest BCUT2D eigenvalue weighted by Crippen LogP contribution is 2.31. The summed E-state index contributed by atoms with van der Waals surface area (Å²) in [5, 5.41) is 9.19. The Morgan fingerprint density at radius 2 is 1.69 bits per heavy atom. The second kappa shape index (κ2) is 4.06. The predicted octanol–water partition coefficient (Wildman–Crippen LogP) is 3.15. The van der Waals surface area contributed by atoms with E-state index in [0.717, 1.165) is 23.9 Å². The number of rotatable bonds is 1. The van der Waals surface area contributed by atoms with Gasteiger partial charge in [0.15, 0.2) is 0 Å². The van der Waals surface area contributed by atoms with E-state index >= 15 is 0 Å². The molecule has 3 rings (SSSR count). The van der Waals surface area contributed by atoms with Crippen LogP contribution in [0.1, 0.15) is 31.7 Å². The summed E-state index contributed by atoms with van der Waals surface area (Å²) in [6, 6.07) is 8.22. The highest BCUT2D eigenvalue weighted by atomic mass is 35.5. The van der Waals surface area contributed by atoms with Gasteiger partial charge in [0.2, 0.25) is 0 Å². The van der Waals surface area contributed by atoms with Crippen LogP contribution in [0.2, 0.25) is 0 Å². The lowest BCUT2D eigenvalue weighted by Gasteiger charge is -2.25. The van der Waals surface area contributed by atoms with E-state index in [1.54, 1.807) is 0 Å². The molecule has 0 radical (unpaired) electrons. The molecule has 0 unspecified atom stereocenters. The SMILES string of the molecule is Cl[C@@H]1CCCC[C@@H]1n1nc2ccccc2n1. The smallest absolute Gasteiger partial charge is 0.113 e. The minimum absolute atomic E-state index is 0.176. The average Bonchev–Trinajstić information content (AvgIpc) is 2.73. The molecule has 1 fully saturated rings. The fourth-order valence-corrected chi connectivity index (χ4v) is 2.73. The summed E-state index contributed by atoms with van der Waals surface area (Å²) in [5.41, 5.74) is 1.91. The first-order valence-corrected chi connectivity index (χ1v) is 6.24. The van der Waals surface area contributed by atoms with Crippen molar-refractivity contribution in [2.24, 2.45) is 0 Å². The molecule has 2 aromatic rings. The second-order valence-corrected chi connectivity index (χ2v) is 4.94. The molecule has 1 saturated carbocycles. The third-order valence-electron chi connectivity index (χ3n) is 3.25. The van der Waals surface area contributed by atoms with E-state index in [9.17, 15) is 0 Å². The molecule has 1 heterocycles. The zero-order valence-corrected chi connectivity index (χ0v) is 9.77. The van der Waals surface area contributed by atoms with E-state index in [0.29, 0.717) is 0 Å². The van der Waals surface area contributed by atoms with E-state index in [1.165, 1.54) is 12.8 Å². The standard InChI is InChI=1S/C12H14ClN3/c13-9-5-1-4-8-12(9)16-14-10-6-2-3-7-11(10)15-16/h2-3,6-7,9,12H,1,4-5,8H2/t9-,12+/m1/s1. The number of benzene rings is 1. The first-order chi connectivity index (χ1) is 7.84. The molecule has 0 amide bonds. The van der Waals surface area contributed by atoms with E-state index in [-0.39, 0.29) is 11.4 Å². The van der Waals surface area contributed by atoms with Crippen molar-refractivity contribution in [2.75, 3.05) is 0 Å². The van der Waals surface area contributed by atoms with Gasteiger partial charge < -0.3 is 0 Å². The molecule has 0 aliphatic heterocycles. The minimum atomic E-state index is 0.176. The normalized spacial score (nSPS) is 26.1. The van der Waals surface area contributed by atoms with Gasteiger partial charge in [0.05, 0.1) is 11.4 Å².